The molecule has 0 bridgehead atoms. The van der Waals surface area contributed by atoms with Crippen molar-refractivity contribution in [2.24, 2.45) is 0 Å². The maximum Gasteiger partial charge on any atom is 0.341 e. The number of carbonyl (C=O) groups excluding carboxylic acids is 2. The molecule has 12 heteroatoms. The van der Waals surface area contributed by atoms with Gasteiger partial charge in [-0.2, -0.15) is 0 Å². The fourth-order valence-electron chi connectivity index (χ4n) is 4.12. The number of aromatic hydroxyl groups is 1. The molecule has 2 saturated heterocycles. The highest BCUT2D eigenvalue weighted by Crippen LogP contribution is 2.31. The molecule has 11 nitrogen and oxygen atoms in total. The van der Waals surface area contributed by atoms with Gasteiger partial charge >= 0.3 is 5.97 Å². The number of amides is 1. The molecular weight excluding hydrogens is 480 g/mol. The van der Waals surface area contributed by atoms with Crippen LogP contribution in [0, 0.1) is 0 Å². The zero-order chi connectivity index (χ0) is 25.5. The molecule has 3 rings (SSSR count). The summed E-state index contributed by atoms with van der Waals surface area (Å²) >= 11 is 1.09. The van der Waals surface area contributed by atoms with Gasteiger partial charge in [-0.05, 0) is 38.4 Å². The van der Waals surface area contributed by atoms with Gasteiger partial charge in [-0.1, -0.05) is 12.1 Å². The van der Waals surface area contributed by atoms with E-state index in [-0.39, 0.29) is 35.6 Å². The normalized spacial score (nSPS) is 30.4. The number of aliphatic hydroxyl groups excluding tert-OH is 3. The summed E-state index contributed by atoms with van der Waals surface area (Å²) in [6, 6.07) is 4.85. The second-order valence-corrected chi connectivity index (χ2v) is 9.80. The number of aliphatic hydroxyl groups is 3. The van der Waals surface area contributed by atoms with Crippen LogP contribution in [-0.2, 0) is 19.0 Å². The van der Waals surface area contributed by atoms with E-state index < -0.39 is 48.0 Å². The molecule has 35 heavy (non-hydrogen) atoms. The van der Waals surface area contributed by atoms with Crippen LogP contribution in [0.2, 0.25) is 0 Å². The van der Waals surface area contributed by atoms with Crippen LogP contribution in [-0.4, -0.2) is 106 Å². The van der Waals surface area contributed by atoms with E-state index in [0.717, 1.165) is 24.7 Å². The minimum absolute atomic E-state index is 0.0361. The Morgan fingerprint density at radius 1 is 1.23 bits per heavy atom. The van der Waals surface area contributed by atoms with Gasteiger partial charge in [0.15, 0.2) is 0 Å². The van der Waals surface area contributed by atoms with Crippen LogP contribution in [0.15, 0.2) is 24.3 Å². The van der Waals surface area contributed by atoms with Gasteiger partial charge in [-0.3, -0.25) is 4.79 Å². The van der Waals surface area contributed by atoms with Crippen LogP contribution in [0.5, 0.6) is 5.75 Å². The molecule has 1 aromatic carbocycles. The molecule has 0 aliphatic carbocycles. The van der Waals surface area contributed by atoms with E-state index in [2.05, 4.69) is 10.6 Å². The molecule has 196 valence electrons. The first kappa shape index (κ1) is 27.7. The minimum Gasteiger partial charge on any atom is -0.507 e. The summed E-state index contributed by atoms with van der Waals surface area (Å²) in [7, 11) is 1.46. The molecule has 0 aromatic heterocycles. The number of hydrogen-bond donors (Lipinski definition) is 6. The van der Waals surface area contributed by atoms with Gasteiger partial charge in [0.2, 0.25) is 5.91 Å². The molecule has 2 heterocycles. The van der Waals surface area contributed by atoms with Crippen molar-refractivity contribution in [3.05, 3.63) is 29.8 Å². The highest BCUT2D eigenvalue weighted by Gasteiger charge is 2.48. The number of esters is 1. The lowest BCUT2D eigenvalue weighted by Crippen LogP contribution is -2.66. The summed E-state index contributed by atoms with van der Waals surface area (Å²) in [6.07, 6.45) is -4.46. The Kier molecular flexibility index (Phi) is 10.2. The van der Waals surface area contributed by atoms with Crippen LogP contribution in [0.25, 0.3) is 0 Å². The monoisotopic (exact) mass is 514 g/mol. The number of rotatable bonds is 10. The quantitative estimate of drug-likeness (QED) is 0.174. The van der Waals surface area contributed by atoms with Crippen molar-refractivity contribution in [2.45, 2.75) is 67.8 Å². The van der Waals surface area contributed by atoms with E-state index in [0.29, 0.717) is 6.42 Å². The predicted molar refractivity (Wildman–Crippen MR) is 127 cm³/mol. The number of thioether (sulfide) groups is 1. The van der Waals surface area contributed by atoms with Gasteiger partial charge in [0.25, 0.3) is 0 Å². The van der Waals surface area contributed by atoms with E-state index >= 15 is 0 Å². The summed E-state index contributed by atoms with van der Waals surface area (Å²) in [5, 5.41) is 47.3. The maximum absolute atomic E-state index is 12.7. The van der Waals surface area contributed by atoms with E-state index in [1.807, 2.05) is 0 Å². The average Bonchev–Trinajstić information content (AvgIpc) is 3.40. The Morgan fingerprint density at radius 2 is 1.97 bits per heavy atom. The van der Waals surface area contributed by atoms with Crippen molar-refractivity contribution in [2.75, 3.05) is 26.0 Å². The molecule has 0 saturated carbocycles. The van der Waals surface area contributed by atoms with E-state index in [4.69, 9.17) is 14.2 Å². The van der Waals surface area contributed by atoms with Gasteiger partial charge in [-0.15, -0.1) is 11.8 Å². The zero-order valence-corrected chi connectivity index (χ0v) is 20.5. The summed E-state index contributed by atoms with van der Waals surface area (Å²) in [5.41, 5.74) is -0.927. The summed E-state index contributed by atoms with van der Waals surface area (Å²) in [5.74, 6) is -0.934. The number of ether oxygens (including phenoxy) is 3. The lowest BCUT2D eigenvalue weighted by molar-refractivity contribution is -0.212. The molecule has 1 aromatic rings. The number of carbonyl (C=O) groups is 2. The third-order valence-electron chi connectivity index (χ3n) is 6.25. The van der Waals surface area contributed by atoms with E-state index in [1.54, 1.807) is 19.1 Å². The Bertz CT molecular complexity index is 854. The third-order valence-corrected chi connectivity index (χ3v) is 7.37. The molecule has 8 unspecified atom stereocenters. The zero-order valence-electron chi connectivity index (χ0n) is 19.7. The number of methoxy groups -OCH3 is 1. The van der Waals surface area contributed by atoms with Gasteiger partial charge in [-0.25, -0.2) is 4.79 Å². The van der Waals surface area contributed by atoms with Gasteiger partial charge in [0.1, 0.15) is 47.8 Å². The molecule has 6 N–H and O–H groups in total. The van der Waals surface area contributed by atoms with Crippen LogP contribution >= 0.6 is 11.8 Å². The lowest BCUT2D eigenvalue weighted by atomic mass is 9.92. The predicted octanol–water partition coefficient (Wildman–Crippen LogP) is -0.638. The van der Waals surface area contributed by atoms with Crippen LogP contribution in [0.3, 0.4) is 0 Å². The van der Waals surface area contributed by atoms with Gasteiger partial charge < -0.3 is 45.3 Å². The standard InChI is InChI=1S/C23H34N2O9S/c1-12(32-2)16(25-21(30)14-7-5-9-24-14)20-18(28)17(27)19(29)23(34-20)35-11-10-33-22(31)13-6-3-4-8-15(13)26/h3-4,6,8,12,14,16-20,23-24,26-29H,5,7,9-11H2,1-2H3,(H,25,30). The van der Waals surface area contributed by atoms with E-state index in [1.165, 1.54) is 19.2 Å². The van der Waals surface area contributed by atoms with Crippen LogP contribution in [0.4, 0.5) is 0 Å². The Balaban J connectivity index is 1.60. The molecule has 0 spiro atoms. The number of para-hydroxylation sites is 1. The van der Waals surface area contributed by atoms with Crippen molar-refractivity contribution < 1.29 is 44.2 Å². The molecule has 1 amide bonds. The van der Waals surface area contributed by atoms with Crippen LogP contribution in [0.1, 0.15) is 30.1 Å². The Morgan fingerprint density at radius 3 is 2.63 bits per heavy atom. The molecule has 2 aliphatic rings. The fraction of sp³-hybridized carbons (Fsp3) is 0.652. The summed E-state index contributed by atoms with van der Waals surface area (Å²) in [4.78, 5) is 24.9. The summed E-state index contributed by atoms with van der Waals surface area (Å²) < 4.78 is 16.5. The largest absolute Gasteiger partial charge is 0.507 e. The first-order chi connectivity index (χ1) is 16.7. The average molecular weight is 515 g/mol. The fourth-order valence-corrected chi connectivity index (χ4v) is 5.09. The summed E-state index contributed by atoms with van der Waals surface area (Å²) in [6.45, 7) is 2.40. The van der Waals surface area contributed by atoms with Crippen molar-refractivity contribution in [1.82, 2.24) is 10.6 Å². The van der Waals surface area contributed by atoms with Crippen molar-refractivity contribution in [1.29, 1.82) is 0 Å². The Labute approximate surface area is 208 Å². The minimum atomic E-state index is -1.52. The SMILES string of the molecule is COC(C)C(NC(=O)C1CCCN1)C1OC(SCCOC(=O)c2ccccc2O)C(O)C(O)C1O. The molecule has 0 radical (unpaired) electrons. The highest BCUT2D eigenvalue weighted by atomic mass is 32.2. The Hall–Kier alpha value is -1.93. The van der Waals surface area contributed by atoms with Gasteiger partial charge in [0.05, 0.1) is 18.2 Å². The van der Waals surface area contributed by atoms with Crippen LogP contribution < -0.4 is 10.6 Å². The lowest BCUT2D eigenvalue weighted by Gasteiger charge is -2.44. The van der Waals surface area contributed by atoms with Crippen molar-refractivity contribution in [3.8, 4) is 5.75 Å². The van der Waals surface area contributed by atoms with E-state index in [9.17, 15) is 30.0 Å². The second kappa shape index (κ2) is 12.9. The maximum atomic E-state index is 12.7. The molecule has 2 fully saturated rings. The first-order valence-electron chi connectivity index (χ1n) is 11.6. The van der Waals surface area contributed by atoms with Gasteiger partial charge in [0, 0.05) is 12.9 Å². The topological polar surface area (TPSA) is 167 Å². The first-order valence-corrected chi connectivity index (χ1v) is 12.6. The highest BCUT2D eigenvalue weighted by molar-refractivity contribution is 7.99. The third kappa shape index (κ3) is 6.85. The number of phenolic OH excluding ortho intramolecular Hbond substituents is 1. The molecule has 2 aliphatic heterocycles. The molecule has 8 atom stereocenters. The number of nitrogens with one attached hydrogen (secondary N) is 2. The number of benzene rings is 1. The number of phenols is 1. The van der Waals surface area contributed by atoms with Crippen molar-refractivity contribution in [3.63, 3.8) is 0 Å². The second-order valence-electron chi connectivity index (χ2n) is 8.59. The number of hydrogen-bond acceptors (Lipinski definition) is 11. The smallest absolute Gasteiger partial charge is 0.341 e. The van der Waals surface area contributed by atoms with Crippen molar-refractivity contribution >= 4 is 23.6 Å². The molecular formula is C23H34N2O9S.